The molecule has 8 nitrogen and oxygen atoms in total. The van der Waals surface area contributed by atoms with Crippen LogP contribution in [-0.4, -0.2) is 34.5 Å². The number of benzene rings is 1. The van der Waals surface area contributed by atoms with E-state index >= 15 is 0 Å². The highest BCUT2D eigenvalue weighted by atomic mass is 16.6. The Hall–Kier alpha value is -3.16. The first-order valence-corrected chi connectivity index (χ1v) is 9.52. The minimum atomic E-state index is -0.732. The standard InChI is InChI=1S/C21H25N3O5/c1-10(2)27-20(25)16-12(5)22-13(6)17(21(26)28-11(3)4)18(16)14-8-7-9-15-19(14)24-29-23-15/h7-11,18,22H,1-6H3. The molecule has 0 saturated heterocycles. The highest BCUT2D eigenvalue weighted by molar-refractivity contribution is 6.01. The summed E-state index contributed by atoms with van der Waals surface area (Å²) in [5.41, 5.74) is 3.50. The zero-order valence-electron chi connectivity index (χ0n) is 17.4. The van der Waals surface area contributed by atoms with Gasteiger partial charge < -0.3 is 14.8 Å². The largest absolute Gasteiger partial charge is 0.460 e. The Kier molecular flexibility index (Phi) is 5.72. The molecule has 0 bridgehead atoms. The quantitative estimate of drug-likeness (QED) is 0.764. The maximum Gasteiger partial charge on any atom is 0.337 e. The Morgan fingerprint density at radius 1 is 0.966 bits per heavy atom. The lowest BCUT2D eigenvalue weighted by molar-refractivity contribution is -0.143. The van der Waals surface area contributed by atoms with Crippen LogP contribution in [0.25, 0.3) is 11.0 Å². The first-order chi connectivity index (χ1) is 13.7. The number of carbonyl (C=O) groups excluding carboxylic acids is 2. The van der Waals surface area contributed by atoms with Crippen molar-refractivity contribution in [3.05, 3.63) is 46.3 Å². The number of ether oxygens (including phenoxy) is 2. The van der Waals surface area contributed by atoms with Gasteiger partial charge >= 0.3 is 11.9 Å². The molecule has 1 aromatic carbocycles. The molecule has 0 amide bonds. The molecular formula is C21H25N3O5. The van der Waals surface area contributed by atoms with Crippen LogP contribution < -0.4 is 5.32 Å². The number of nitrogens with zero attached hydrogens (tertiary/aromatic N) is 2. The summed E-state index contributed by atoms with van der Waals surface area (Å²) in [6.45, 7) is 10.7. The molecule has 154 valence electrons. The molecule has 0 unspecified atom stereocenters. The Bertz CT molecular complexity index is 972. The van der Waals surface area contributed by atoms with E-state index in [1.54, 1.807) is 59.7 Å². The van der Waals surface area contributed by atoms with Crippen molar-refractivity contribution < 1.29 is 23.7 Å². The Balaban J connectivity index is 2.23. The molecule has 8 heteroatoms. The van der Waals surface area contributed by atoms with Crippen LogP contribution >= 0.6 is 0 Å². The first-order valence-electron chi connectivity index (χ1n) is 9.52. The minimum Gasteiger partial charge on any atom is -0.460 e. The van der Waals surface area contributed by atoms with Crippen molar-refractivity contribution in [3.63, 3.8) is 0 Å². The lowest BCUT2D eigenvalue weighted by Crippen LogP contribution is -2.33. The summed E-state index contributed by atoms with van der Waals surface area (Å²) >= 11 is 0. The van der Waals surface area contributed by atoms with Crippen LogP contribution in [0.2, 0.25) is 0 Å². The van der Waals surface area contributed by atoms with Gasteiger partial charge in [0.05, 0.1) is 29.3 Å². The fourth-order valence-corrected chi connectivity index (χ4v) is 3.46. The Morgan fingerprint density at radius 3 is 2.03 bits per heavy atom. The monoisotopic (exact) mass is 399 g/mol. The van der Waals surface area contributed by atoms with Crippen molar-refractivity contribution in [2.24, 2.45) is 0 Å². The Morgan fingerprint density at radius 2 is 1.52 bits per heavy atom. The molecule has 1 aliphatic heterocycles. The number of dihydropyridines is 1. The van der Waals surface area contributed by atoms with Gasteiger partial charge in [-0.3, -0.25) is 0 Å². The molecule has 0 spiro atoms. The maximum atomic E-state index is 13.0. The zero-order chi connectivity index (χ0) is 21.3. The molecule has 0 saturated carbocycles. The van der Waals surface area contributed by atoms with Gasteiger partial charge in [0.25, 0.3) is 0 Å². The van der Waals surface area contributed by atoms with E-state index in [0.29, 0.717) is 39.1 Å². The SMILES string of the molecule is CC1=C(C(=O)OC(C)C)C(c2cccc3nonc23)C(C(=O)OC(C)C)=C(C)N1. The predicted octanol–water partition coefficient (Wildman–Crippen LogP) is 3.36. The third kappa shape index (κ3) is 4.01. The van der Waals surface area contributed by atoms with Crippen molar-refractivity contribution in [1.82, 2.24) is 15.6 Å². The molecule has 3 rings (SSSR count). The van der Waals surface area contributed by atoms with Crippen molar-refractivity contribution >= 4 is 23.0 Å². The van der Waals surface area contributed by atoms with E-state index in [1.807, 2.05) is 0 Å². The van der Waals surface area contributed by atoms with Gasteiger partial charge in [-0.15, -0.1) is 0 Å². The smallest absolute Gasteiger partial charge is 0.337 e. The second-order valence-electron chi connectivity index (χ2n) is 7.52. The van der Waals surface area contributed by atoms with Crippen LogP contribution in [0, 0.1) is 0 Å². The van der Waals surface area contributed by atoms with Crippen molar-refractivity contribution in [2.45, 2.75) is 59.7 Å². The first kappa shape index (κ1) is 20.6. The van der Waals surface area contributed by atoms with Crippen LogP contribution in [0.15, 0.2) is 45.4 Å². The number of rotatable bonds is 5. The second kappa shape index (κ2) is 8.06. The average molecular weight is 399 g/mol. The molecule has 2 aromatic rings. The summed E-state index contributed by atoms with van der Waals surface area (Å²) in [5.74, 6) is -1.75. The van der Waals surface area contributed by atoms with Crippen LogP contribution in [0.5, 0.6) is 0 Å². The summed E-state index contributed by atoms with van der Waals surface area (Å²) in [6.07, 6.45) is -0.628. The molecule has 0 aliphatic carbocycles. The van der Waals surface area contributed by atoms with Gasteiger partial charge in [0.1, 0.15) is 11.0 Å². The number of hydrogen-bond donors (Lipinski definition) is 1. The topological polar surface area (TPSA) is 104 Å². The fraction of sp³-hybridized carbons (Fsp3) is 0.429. The lowest BCUT2D eigenvalue weighted by Gasteiger charge is -2.31. The van der Waals surface area contributed by atoms with Crippen LogP contribution in [0.4, 0.5) is 0 Å². The number of hydrogen-bond acceptors (Lipinski definition) is 8. The highest BCUT2D eigenvalue weighted by Gasteiger charge is 2.39. The molecule has 1 aliphatic rings. The summed E-state index contributed by atoms with van der Waals surface area (Å²) in [5, 5.41) is 11.0. The normalized spacial score (nSPS) is 15.3. The van der Waals surface area contributed by atoms with E-state index in [9.17, 15) is 9.59 Å². The van der Waals surface area contributed by atoms with E-state index in [-0.39, 0.29) is 12.2 Å². The van der Waals surface area contributed by atoms with Gasteiger partial charge in [-0.05, 0) is 63.5 Å². The van der Waals surface area contributed by atoms with Gasteiger partial charge in [0.15, 0.2) is 0 Å². The van der Waals surface area contributed by atoms with Crippen molar-refractivity contribution in [3.8, 4) is 0 Å². The Labute approximate surface area is 168 Å². The van der Waals surface area contributed by atoms with E-state index in [2.05, 4.69) is 15.6 Å². The summed E-state index contributed by atoms with van der Waals surface area (Å²) in [6, 6.07) is 5.33. The molecule has 1 N–H and O–H groups in total. The zero-order valence-corrected chi connectivity index (χ0v) is 17.4. The third-order valence-corrected chi connectivity index (χ3v) is 4.51. The number of allylic oxidation sites excluding steroid dienone is 2. The molecular weight excluding hydrogens is 374 g/mol. The number of fused-ring (bicyclic) bond motifs is 1. The third-order valence-electron chi connectivity index (χ3n) is 4.51. The number of esters is 2. The van der Waals surface area contributed by atoms with Crippen molar-refractivity contribution in [1.29, 1.82) is 0 Å². The highest BCUT2D eigenvalue weighted by Crippen LogP contribution is 2.41. The van der Waals surface area contributed by atoms with Crippen molar-refractivity contribution in [2.75, 3.05) is 0 Å². The van der Waals surface area contributed by atoms with E-state index < -0.39 is 17.9 Å². The van der Waals surface area contributed by atoms with Crippen LogP contribution in [0.3, 0.4) is 0 Å². The molecule has 0 radical (unpaired) electrons. The molecule has 0 atom stereocenters. The second-order valence-corrected chi connectivity index (χ2v) is 7.52. The van der Waals surface area contributed by atoms with Gasteiger partial charge in [-0.2, -0.15) is 0 Å². The predicted molar refractivity (Wildman–Crippen MR) is 106 cm³/mol. The molecule has 0 fully saturated rings. The van der Waals surface area contributed by atoms with Gasteiger partial charge in [-0.25, -0.2) is 14.2 Å². The molecule has 2 heterocycles. The van der Waals surface area contributed by atoms with Crippen LogP contribution in [-0.2, 0) is 19.1 Å². The maximum absolute atomic E-state index is 13.0. The van der Waals surface area contributed by atoms with Gasteiger partial charge in [0.2, 0.25) is 0 Å². The fourth-order valence-electron chi connectivity index (χ4n) is 3.46. The number of aromatic nitrogens is 2. The van der Waals surface area contributed by atoms with Crippen LogP contribution in [0.1, 0.15) is 53.0 Å². The number of nitrogens with one attached hydrogen (secondary N) is 1. The van der Waals surface area contributed by atoms with E-state index in [0.717, 1.165) is 0 Å². The summed E-state index contributed by atoms with van der Waals surface area (Å²) < 4.78 is 15.8. The van der Waals surface area contributed by atoms with E-state index in [4.69, 9.17) is 14.1 Å². The summed E-state index contributed by atoms with van der Waals surface area (Å²) in [4.78, 5) is 26.0. The van der Waals surface area contributed by atoms with E-state index in [1.165, 1.54) is 0 Å². The van der Waals surface area contributed by atoms with Gasteiger partial charge in [-0.1, -0.05) is 12.1 Å². The number of carbonyl (C=O) groups is 2. The summed E-state index contributed by atoms with van der Waals surface area (Å²) in [7, 11) is 0. The van der Waals surface area contributed by atoms with Gasteiger partial charge in [0, 0.05) is 11.4 Å². The molecule has 29 heavy (non-hydrogen) atoms. The molecule has 1 aromatic heterocycles. The average Bonchev–Trinajstić information content (AvgIpc) is 3.08. The lowest BCUT2D eigenvalue weighted by atomic mass is 9.80. The minimum absolute atomic E-state index is 0.314.